The van der Waals surface area contributed by atoms with E-state index in [1.165, 1.54) is 0 Å². The topological polar surface area (TPSA) is 38.8 Å². The van der Waals surface area contributed by atoms with Crippen molar-refractivity contribution in [1.29, 1.82) is 0 Å². The second kappa shape index (κ2) is 5.08. The van der Waals surface area contributed by atoms with E-state index in [4.69, 9.17) is 9.47 Å². The Morgan fingerprint density at radius 1 is 1.22 bits per heavy atom. The van der Waals surface area contributed by atoms with E-state index in [1.54, 1.807) is 0 Å². The average Bonchev–Trinajstić information content (AvgIpc) is 2.43. The summed E-state index contributed by atoms with van der Waals surface area (Å²) in [5.41, 5.74) is 0.724. The Balaban J connectivity index is 1.70. The van der Waals surface area contributed by atoms with Gasteiger partial charge in [0.1, 0.15) is 5.75 Å². The van der Waals surface area contributed by atoms with E-state index in [2.05, 4.69) is 4.90 Å². The molecule has 0 spiro atoms. The quantitative estimate of drug-likeness (QED) is 0.787. The number of rotatable bonds is 2. The van der Waals surface area contributed by atoms with Crippen molar-refractivity contribution in [3.63, 3.8) is 0 Å². The lowest BCUT2D eigenvalue weighted by molar-refractivity contribution is 0.0250. The minimum atomic E-state index is -0.0435. The van der Waals surface area contributed by atoms with Crippen LogP contribution in [0.1, 0.15) is 10.4 Å². The molecule has 2 aliphatic rings. The van der Waals surface area contributed by atoms with Crippen LogP contribution >= 0.6 is 0 Å². The molecule has 0 amide bonds. The fourth-order valence-electron chi connectivity index (χ4n) is 2.51. The van der Waals surface area contributed by atoms with Gasteiger partial charge in [-0.2, -0.15) is 0 Å². The number of ketones is 1. The fourth-order valence-corrected chi connectivity index (χ4v) is 2.51. The molecule has 1 saturated heterocycles. The summed E-state index contributed by atoms with van der Waals surface area (Å²) in [6.07, 6.45) is 0. The van der Waals surface area contributed by atoms with Crippen LogP contribution in [0.25, 0.3) is 0 Å². The van der Waals surface area contributed by atoms with E-state index in [1.807, 2.05) is 24.3 Å². The van der Waals surface area contributed by atoms with Crippen molar-refractivity contribution in [2.45, 2.75) is 0 Å². The highest BCUT2D eigenvalue weighted by molar-refractivity contribution is 6.01. The largest absolute Gasteiger partial charge is 0.492 e. The van der Waals surface area contributed by atoms with Gasteiger partial charge >= 0.3 is 0 Å². The third kappa shape index (κ3) is 2.26. The number of ether oxygens (including phenoxy) is 2. The zero-order valence-corrected chi connectivity index (χ0v) is 10.3. The highest BCUT2D eigenvalue weighted by atomic mass is 16.5. The molecular formula is C14H17NO3. The van der Waals surface area contributed by atoms with E-state index in [0.717, 1.165) is 44.2 Å². The van der Waals surface area contributed by atoms with Gasteiger partial charge in [0.2, 0.25) is 0 Å². The number of benzene rings is 1. The van der Waals surface area contributed by atoms with Gasteiger partial charge in [0.15, 0.2) is 5.78 Å². The number of para-hydroxylation sites is 1. The molecule has 0 radical (unpaired) electrons. The molecule has 2 heterocycles. The summed E-state index contributed by atoms with van der Waals surface area (Å²) in [5.74, 6) is 0.891. The Morgan fingerprint density at radius 2 is 2.00 bits per heavy atom. The predicted molar refractivity (Wildman–Crippen MR) is 67.0 cm³/mol. The van der Waals surface area contributed by atoms with Crippen LogP contribution in [0.5, 0.6) is 5.75 Å². The molecule has 0 aromatic heterocycles. The maximum atomic E-state index is 12.4. The molecule has 1 aromatic rings. The molecule has 4 nitrogen and oxygen atoms in total. The first-order valence-electron chi connectivity index (χ1n) is 6.41. The molecule has 1 aromatic carbocycles. The van der Waals surface area contributed by atoms with Gasteiger partial charge in [0, 0.05) is 19.6 Å². The summed E-state index contributed by atoms with van der Waals surface area (Å²) in [4.78, 5) is 14.6. The molecule has 0 bridgehead atoms. The number of hydrogen-bond acceptors (Lipinski definition) is 4. The minimum Gasteiger partial charge on any atom is -0.492 e. The first kappa shape index (κ1) is 11.7. The Morgan fingerprint density at radius 3 is 2.83 bits per heavy atom. The van der Waals surface area contributed by atoms with Crippen molar-refractivity contribution >= 4 is 5.78 Å². The summed E-state index contributed by atoms with van der Waals surface area (Å²) < 4.78 is 11.0. The van der Waals surface area contributed by atoms with Gasteiger partial charge in [0.05, 0.1) is 31.3 Å². The Bertz CT molecular complexity index is 440. The van der Waals surface area contributed by atoms with E-state index in [9.17, 15) is 4.79 Å². The van der Waals surface area contributed by atoms with Crippen molar-refractivity contribution in [2.75, 3.05) is 39.5 Å². The molecule has 0 saturated carbocycles. The summed E-state index contributed by atoms with van der Waals surface area (Å²) in [5, 5.41) is 0. The molecule has 1 fully saturated rings. The second-order valence-corrected chi connectivity index (χ2v) is 4.78. The van der Waals surface area contributed by atoms with Crippen LogP contribution in [0, 0.1) is 5.92 Å². The van der Waals surface area contributed by atoms with Gasteiger partial charge in [0.25, 0.3) is 0 Å². The van der Waals surface area contributed by atoms with E-state index >= 15 is 0 Å². The standard InChI is InChI=1S/C14H17NO3/c16-14-11(9-15-5-7-17-8-6-15)10-18-13-4-2-1-3-12(13)14/h1-4,11H,5-10H2/t11-/m0/s1. The van der Waals surface area contributed by atoms with Crippen LogP contribution in [0.4, 0.5) is 0 Å². The second-order valence-electron chi connectivity index (χ2n) is 4.78. The third-order valence-corrected chi connectivity index (χ3v) is 3.55. The van der Waals surface area contributed by atoms with Gasteiger partial charge in [-0.05, 0) is 12.1 Å². The molecule has 4 heteroatoms. The Labute approximate surface area is 106 Å². The lowest BCUT2D eigenvalue weighted by Crippen LogP contribution is -2.43. The zero-order valence-electron chi connectivity index (χ0n) is 10.3. The number of morpholine rings is 1. The molecule has 0 N–H and O–H groups in total. The number of carbonyl (C=O) groups excluding carboxylic acids is 1. The van der Waals surface area contributed by atoms with Crippen molar-refractivity contribution in [2.24, 2.45) is 5.92 Å². The molecule has 0 aliphatic carbocycles. The van der Waals surface area contributed by atoms with Gasteiger partial charge < -0.3 is 9.47 Å². The van der Waals surface area contributed by atoms with Crippen LogP contribution in [0.3, 0.4) is 0 Å². The maximum Gasteiger partial charge on any atom is 0.174 e. The predicted octanol–water partition coefficient (Wildman–Crippen LogP) is 1.21. The number of carbonyl (C=O) groups is 1. The maximum absolute atomic E-state index is 12.4. The Kier molecular flexibility index (Phi) is 3.30. The smallest absolute Gasteiger partial charge is 0.174 e. The van der Waals surface area contributed by atoms with Crippen LogP contribution in [-0.4, -0.2) is 50.1 Å². The normalized spacial score (nSPS) is 24.4. The van der Waals surface area contributed by atoms with Gasteiger partial charge in [-0.15, -0.1) is 0 Å². The summed E-state index contributed by atoms with van der Waals surface area (Å²) in [6.45, 7) is 4.61. The van der Waals surface area contributed by atoms with Crippen LogP contribution in [0.2, 0.25) is 0 Å². The highest BCUT2D eigenvalue weighted by Gasteiger charge is 2.30. The molecule has 1 atom stereocenters. The first-order chi connectivity index (χ1) is 8.84. The SMILES string of the molecule is O=C1c2ccccc2OC[C@@H]1CN1CCOCC1. The number of hydrogen-bond donors (Lipinski definition) is 0. The van der Waals surface area contributed by atoms with Gasteiger partial charge in [-0.1, -0.05) is 12.1 Å². The summed E-state index contributed by atoms with van der Waals surface area (Å²) in [7, 11) is 0. The first-order valence-corrected chi connectivity index (χ1v) is 6.41. The Hall–Kier alpha value is -1.39. The monoisotopic (exact) mass is 247 g/mol. The van der Waals surface area contributed by atoms with Crippen LogP contribution in [-0.2, 0) is 4.74 Å². The van der Waals surface area contributed by atoms with Gasteiger partial charge in [-0.3, -0.25) is 9.69 Å². The highest BCUT2D eigenvalue weighted by Crippen LogP contribution is 2.27. The van der Waals surface area contributed by atoms with Gasteiger partial charge in [-0.25, -0.2) is 0 Å². The van der Waals surface area contributed by atoms with Crippen molar-refractivity contribution in [1.82, 2.24) is 4.90 Å². The van der Waals surface area contributed by atoms with E-state index < -0.39 is 0 Å². The van der Waals surface area contributed by atoms with E-state index in [-0.39, 0.29) is 11.7 Å². The number of Topliss-reactive ketones (excluding diaryl/α,β-unsaturated/α-hetero) is 1. The average molecular weight is 247 g/mol. The van der Waals surface area contributed by atoms with Crippen LogP contribution < -0.4 is 4.74 Å². The van der Waals surface area contributed by atoms with Crippen molar-refractivity contribution < 1.29 is 14.3 Å². The molecule has 3 rings (SSSR count). The summed E-state index contributed by atoms with van der Waals surface area (Å²) >= 11 is 0. The van der Waals surface area contributed by atoms with Crippen LogP contribution in [0.15, 0.2) is 24.3 Å². The third-order valence-electron chi connectivity index (χ3n) is 3.55. The zero-order chi connectivity index (χ0) is 12.4. The molecule has 0 unspecified atom stereocenters. The molecule has 2 aliphatic heterocycles. The number of fused-ring (bicyclic) bond motifs is 1. The molecule has 96 valence electrons. The number of nitrogens with zero attached hydrogens (tertiary/aromatic N) is 1. The lowest BCUT2D eigenvalue weighted by Gasteiger charge is -2.31. The van der Waals surface area contributed by atoms with Crippen molar-refractivity contribution in [3.05, 3.63) is 29.8 Å². The lowest BCUT2D eigenvalue weighted by atomic mass is 9.94. The molecule has 18 heavy (non-hydrogen) atoms. The molecular weight excluding hydrogens is 230 g/mol. The fraction of sp³-hybridized carbons (Fsp3) is 0.500. The summed E-state index contributed by atoms with van der Waals surface area (Å²) in [6, 6.07) is 7.49. The minimum absolute atomic E-state index is 0.0435. The van der Waals surface area contributed by atoms with E-state index in [0.29, 0.717) is 6.61 Å². The van der Waals surface area contributed by atoms with Crippen molar-refractivity contribution in [3.8, 4) is 5.75 Å².